The second kappa shape index (κ2) is 5.17. The van der Waals surface area contributed by atoms with Crippen LogP contribution in [0.4, 0.5) is 11.4 Å². The highest BCUT2D eigenvalue weighted by Gasteiger charge is 2.14. The van der Waals surface area contributed by atoms with Crippen molar-refractivity contribution in [1.82, 2.24) is 0 Å². The van der Waals surface area contributed by atoms with Crippen molar-refractivity contribution in [1.29, 1.82) is 0 Å². The van der Waals surface area contributed by atoms with Gasteiger partial charge >= 0.3 is 0 Å². The lowest BCUT2D eigenvalue weighted by atomic mass is 9.94. The number of hydrogen-bond acceptors (Lipinski definition) is 3. The SMILES string of the molecule is C#Cc1cccc(-c2cc([N+](=O)[O-])ccc2N)c1C#C. The summed E-state index contributed by atoms with van der Waals surface area (Å²) in [6.45, 7) is 0. The number of terminal acetylenes is 2. The van der Waals surface area contributed by atoms with Crippen molar-refractivity contribution >= 4 is 11.4 Å². The van der Waals surface area contributed by atoms with Crippen LogP contribution in [0, 0.1) is 34.8 Å². The van der Waals surface area contributed by atoms with E-state index >= 15 is 0 Å². The summed E-state index contributed by atoms with van der Waals surface area (Å²) in [6.07, 6.45) is 10.9. The maximum absolute atomic E-state index is 10.9. The molecule has 2 aromatic carbocycles. The molecule has 2 aromatic rings. The molecule has 4 heteroatoms. The number of nitrogen functional groups attached to an aromatic ring is 1. The Bertz CT molecular complexity index is 780. The van der Waals surface area contributed by atoms with Gasteiger partial charge in [0.1, 0.15) is 0 Å². The van der Waals surface area contributed by atoms with E-state index in [0.29, 0.717) is 27.9 Å². The van der Waals surface area contributed by atoms with Crippen LogP contribution in [0.25, 0.3) is 11.1 Å². The molecule has 0 saturated heterocycles. The first-order valence-electron chi connectivity index (χ1n) is 5.69. The topological polar surface area (TPSA) is 69.2 Å². The lowest BCUT2D eigenvalue weighted by Crippen LogP contribution is -1.96. The number of nitro groups is 1. The highest BCUT2D eigenvalue weighted by molar-refractivity contribution is 5.83. The van der Waals surface area contributed by atoms with Crippen molar-refractivity contribution in [2.75, 3.05) is 5.73 Å². The van der Waals surface area contributed by atoms with Crippen LogP contribution in [0.15, 0.2) is 36.4 Å². The van der Waals surface area contributed by atoms with Crippen LogP contribution in [0.3, 0.4) is 0 Å². The fourth-order valence-corrected chi connectivity index (χ4v) is 1.94. The first-order chi connectivity index (χ1) is 9.58. The molecule has 0 saturated carbocycles. The lowest BCUT2D eigenvalue weighted by Gasteiger charge is -2.09. The molecule has 0 bridgehead atoms. The summed E-state index contributed by atoms with van der Waals surface area (Å²) in [7, 11) is 0. The third-order valence-electron chi connectivity index (χ3n) is 2.90. The van der Waals surface area contributed by atoms with Crippen molar-refractivity contribution in [3.8, 4) is 35.8 Å². The van der Waals surface area contributed by atoms with Gasteiger partial charge < -0.3 is 5.73 Å². The molecule has 2 rings (SSSR count). The van der Waals surface area contributed by atoms with Gasteiger partial charge in [-0.25, -0.2) is 0 Å². The summed E-state index contributed by atoms with van der Waals surface area (Å²) in [5, 5.41) is 10.9. The molecular formula is C16H10N2O2. The number of rotatable bonds is 2. The highest BCUT2D eigenvalue weighted by Crippen LogP contribution is 2.33. The fourth-order valence-electron chi connectivity index (χ4n) is 1.94. The smallest absolute Gasteiger partial charge is 0.270 e. The summed E-state index contributed by atoms with van der Waals surface area (Å²) in [5.41, 5.74) is 8.42. The second-order valence-corrected chi connectivity index (χ2v) is 4.05. The Kier molecular flexibility index (Phi) is 3.41. The molecule has 0 fully saturated rings. The first-order valence-corrected chi connectivity index (χ1v) is 5.69. The van der Waals surface area contributed by atoms with E-state index in [2.05, 4.69) is 11.8 Å². The largest absolute Gasteiger partial charge is 0.398 e. The minimum atomic E-state index is -0.483. The number of nitrogens with two attached hydrogens (primary N) is 1. The maximum Gasteiger partial charge on any atom is 0.270 e. The Hall–Kier alpha value is -3.24. The highest BCUT2D eigenvalue weighted by atomic mass is 16.6. The number of non-ortho nitro benzene ring substituents is 1. The molecule has 0 aliphatic carbocycles. The van der Waals surface area contributed by atoms with Crippen molar-refractivity contribution in [2.24, 2.45) is 0 Å². The summed E-state index contributed by atoms with van der Waals surface area (Å²) in [6, 6.07) is 9.42. The number of anilines is 1. The number of nitrogens with zero attached hydrogens (tertiary/aromatic N) is 1. The quantitative estimate of drug-likeness (QED) is 0.391. The number of hydrogen-bond donors (Lipinski definition) is 1. The third kappa shape index (κ3) is 2.19. The first kappa shape index (κ1) is 13.2. The predicted molar refractivity (Wildman–Crippen MR) is 78.8 cm³/mol. The van der Waals surface area contributed by atoms with Crippen LogP contribution in [0.2, 0.25) is 0 Å². The third-order valence-corrected chi connectivity index (χ3v) is 2.90. The molecule has 0 radical (unpaired) electrons. The van der Waals surface area contributed by atoms with E-state index in [1.807, 2.05) is 0 Å². The molecule has 0 amide bonds. The van der Waals surface area contributed by atoms with Crippen LogP contribution in [-0.4, -0.2) is 4.92 Å². The summed E-state index contributed by atoms with van der Waals surface area (Å²) in [5.74, 6) is 5.02. The van der Waals surface area contributed by atoms with Gasteiger partial charge in [-0.1, -0.05) is 24.0 Å². The Morgan fingerprint density at radius 3 is 2.45 bits per heavy atom. The van der Waals surface area contributed by atoms with Crippen LogP contribution in [0.5, 0.6) is 0 Å². The normalized spacial score (nSPS) is 9.50. The zero-order valence-electron chi connectivity index (χ0n) is 10.5. The molecule has 20 heavy (non-hydrogen) atoms. The average molecular weight is 262 g/mol. The van der Waals surface area contributed by atoms with Crippen LogP contribution >= 0.6 is 0 Å². The van der Waals surface area contributed by atoms with E-state index in [1.165, 1.54) is 18.2 Å². The van der Waals surface area contributed by atoms with Gasteiger partial charge in [-0.2, -0.15) is 0 Å². The summed E-state index contributed by atoms with van der Waals surface area (Å²) < 4.78 is 0. The van der Waals surface area contributed by atoms with Crippen molar-refractivity contribution in [3.05, 3.63) is 57.6 Å². The van der Waals surface area contributed by atoms with E-state index < -0.39 is 4.92 Å². The molecule has 2 N–H and O–H groups in total. The summed E-state index contributed by atoms with van der Waals surface area (Å²) in [4.78, 5) is 10.4. The standard InChI is InChI=1S/C16H10N2O2/c1-3-11-6-5-7-14(13(11)4-2)15-10-12(18(19)20)8-9-16(15)17/h1-2,5-10H,17H2. The molecule has 4 nitrogen and oxygen atoms in total. The lowest BCUT2D eigenvalue weighted by molar-refractivity contribution is -0.384. The Labute approximate surface area is 116 Å². The molecule has 0 aliphatic heterocycles. The van der Waals surface area contributed by atoms with E-state index in [9.17, 15) is 10.1 Å². The van der Waals surface area contributed by atoms with Crippen molar-refractivity contribution < 1.29 is 4.92 Å². The molecule has 0 spiro atoms. The van der Waals surface area contributed by atoms with Crippen LogP contribution < -0.4 is 5.73 Å². The minimum Gasteiger partial charge on any atom is -0.398 e. The van der Waals surface area contributed by atoms with Gasteiger partial charge in [0.15, 0.2) is 0 Å². The van der Waals surface area contributed by atoms with Crippen molar-refractivity contribution in [3.63, 3.8) is 0 Å². The minimum absolute atomic E-state index is 0.0525. The van der Waals surface area contributed by atoms with E-state index in [0.717, 1.165) is 0 Å². The van der Waals surface area contributed by atoms with Gasteiger partial charge in [0.05, 0.1) is 4.92 Å². The van der Waals surface area contributed by atoms with Crippen molar-refractivity contribution in [2.45, 2.75) is 0 Å². The van der Waals surface area contributed by atoms with E-state index in [-0.39, 0.29) is 5.69 Å². The van der Waals surface area contributed by atoms with Gasteiger partial charge in [-0.05, 0) is 12.1 Å². The molecular weight excluding hydrogens is 252 g/mol. The van der Waals surface area contributed by atoms with Gasteiger partial charge in [0, 0.05) is 40.1 Å². The molecule has 96 valence electrons. The number of benzene rings is 2. The fraction of sp³-hybridized carbons (Fsp3) is 0. The molecule has 0 aromatic heterocycles. The molecule has 0 unspecified atom stereocenters. The Morgan fingerprint density at radius 2 is 1.85 bits per heavy atom. The predicted octanol–water partition coefficient (Wildman–Crippen LogP) is 2.81. The number of nitro benzene ring substituents is 1. The monoisotopic (exact) mass is 262 g/mol. The summed E-state index contributed by atoms with van der Waals surface area (Å²) >= 11 is 0. The van der Waals surface area contributed by atoms with Gasteiger partial charge in [-0.15, -0.1) is 12.8 Å². The van der Waals surface area contributed by atoms with E-state index in [1.54, 1.807) is 18.2 Å². The second-order valence-electron chi connectivity index (χ2n) is 4.05. The average Bonchev–Trinajstić information content (AvgIpc) is 2.46. The van der Waals surface area contributed by atoms with Gasteiger partial charge in [-0.3, -0.25) is 10.1 Å². The molecule has 0 atom stereocenters. The van der Waals surface area contributed by atoms with E-state index in [4.69, 9.17) is 18.6 Å². The zero-order valence-corrected chi connectivity index (χ0v) is 10.5. The van der Waals surface area contributed by atoms with Crippen LogP contribution in [0.1, 0.15) is 11.1 Å². The van der Waals surface area contributed by atoms with Gasteiger partial charge in [0.25, 0.3) is 5.69 Å². The Morgan fingerprint density at radius 1 is 1.10 bits per heavy atom. The zero-order chi connectivity index (χ0) is 14.7. The van der Waals surface area contributed by atoms with Crippen LogP contribution in [-0.2, 0) is 0 Å². The van der Waals surface area contributed by atoms with Gasteiger partial charge in [0.2, 0.25) is 0 Å². The Balaban J connectivity index is 2.76. The maximum atomic E-state index is 10.9. The molecule has 0 aliphatic rings. The molecule has 0 heterocycles.